The van der Waals surface area contributed by atoms with Gasteiger partial charge < -0.3 is 19.3 Å². The molecule has 0 bridgehead atoms. The van der Waals surface area contributed by atoms with E-state index in [1.807, 2.05) is 18.7 Å². The summed E-state index contributed by atoms with van der Waals surface area (Å²) in [5, 5.41) is 0. The zero-order chi connectivity index (χ0) is 20.7. The van der Waals surface area contributed by atoms with E-state index >= 15 is 0 Å². The maximum Gasteiger partial charge on any atom is 0.387 e. The molecule has 2 amide bonds. The van der Waals surface area contributed by atoms with Crippen molar-refractivity contribution in [2.24, 2.45) is 0 Å². The number of methoxy groups -OCH3 is 1. The first-order valence-corrected chi connectivity index (χ1v) is 9.32. The number of benzene rings is 1. The number of nitrogens with zero attached hydrogens (tertiary/aromatic N) is 3. The molecular weight excluding hydrogens is 372 g/mol. The maximum atomic E-state index is 12.9. The molecule has 0 saturated carbocycles. The predicted octanol–water partition coefficient (Wildman–Crippen LogP) is 1.92. The van der Waals surface area contributed by atoms with Crippen LogP contribution in [0.5, 0.6) is 11.5 Å². The minimum atomic E-state index is -3.06. The van der Waals surface area contributed by atoms with Crippen LogP contribution in [0.4, 0.5) is 8.78 Å². The molecule has 9 heteroatoms. The molecule has 1 aliphatic heterocycles. The molecule has 1 aromatic rings. The fourth-order valence-corrected chi connectivity index (χ4v) is 3.20. The second-order valence-corrected chi connectivity index (χ2v) is 6.35. The summed E-state index contributed by atoms with van der Waals surface area (Å²) in [5.74, 6) is -0.520. The quantitative estimate of drug-likeness (QED) is 0.669. The van der Waals surface area contributed by atoms with Crippen LogP contribution in [0.2, 0.25) is 0 Å². The van der Waals surface area contributed by atoms with Gasteiger partial charge in [0.25, 0.3) is 5.91 Å². The number of ether oxygens (including phenoxy) is 2. The van der Waals surface area contributed by atoms with Crippen LogP contribution in [0.25, 0.3) is 0 Å². The smallest absolute Gasteiger partial charge is 0.387 e. The number of amides is 2. The molecule has 0 N–H and O–H groups in total. The number of alkyl halides is 2. The summed E-state index contributed by atoms with van der Waals surface area (Å²) >= 11 is 0. The molecule has 0 radical (unpaired) electrons. The first kappa shape index (κ1) is 21.9. The Balaban J connectivity index is 2.03. The van der Waals surface area contributed by atoms with Crippen molar-refractivity contribution in [3.8, 4) is 11.5 Å². The first-order valence-electron chi connectivity index (χ1n) is 9.32. The topological polar surface area (TPSA) is 62.3 Å². The Morgan fingerprint density at radius 3 is 2.32 bits per heavy atom. The van der Waals surface area contributed by atoms with Gasteiger partial charge in [-0.15, -0.1) is 0 Å². The average molecular weight is 399 g/mol. The molecule has 2 rings (SSSR count). The molecule has 0 unspecified atom stereocenters. The highest BCUT2D eigenvalue weighted by atomic mass is 19.3. The lowest BCUT2D eigenvalue weighted by molar-refractivity contribution is -0.132. The zero-order valence-electron chi connectivity index (χ0n) is 16.5. The highest BCUT2D eigenvalue weighted by molar-refractivity contribution is 5.98. The SMILES string of the molecule is CCN(CC)C(=O)CN1CCN(C(=O)c2cccc(OC)c2OC(F)F)CC1. The molecule has 1 fully saturated rings. The summed E-state index contributed by atoms with van der Waals surface area (Å²) in [6.45, 7) is 4.31. The highest BCUT2D eigenvalue weighted by Gasteiger charge is 2.28. The molecule has 1 saturated heterocycles. The van der Waals surface area contributed by atoms with Crippen LogP contribution in [-0.2, 0) is 4.79 Å². The number of carbonyl (C=O) groups is 2. The Morgan fingerprint density at radius 1 is 1.14 bits per heavy atom. The van der Waals surface area contributed by atoms with E-state index in [1.165, 1.54) is 19.2 Å². The van der Waals surface area contributed by atoms with Crippen molar-refractivity contribution in [3.63, 3.8) is 0 Å². The van der Waals surface area contributed by atoms with E-state index in [4.69, 9.17) is 4.74 Å². The van der Waals surface area contributed by atoms with Crippen LogP contribution < -0.4 is 9.47 Å². The summed E-state index contributed by atoms with van der Waals surface area (Å²) in [4.78, 5) is 30.4. The summed E-state index contributed by atoms with van der Waals surface area (Å²) in [7, 11) is 1.33. The van der Waals surface area contributed by atoms with Gasteiger partial charge in [-0.2, -0.15) is 8.78 Å². The number of carbonyl (C=O) groups excluding carboxylic acids is 2. The monoisotopic (exact) mass is 399 g/mol. The molecule has 1 heterocycles. The first-order chi connectivity index (χ1) is 13.4. The van der Waals surface area contributed by atoms with Crippen LogP contribution >= 0.6 is 0 Å². The highest BCUT2D eigenvalue weighted by Crippen LogP contribution is 2.33. The summed E-state index contributed by atoms with van der Waals surface area (Å²) in [6.07, 6.45) is 0. The van der Waals surface area contributed by atoms with Gasteiger partial charge in [-0.25, -0.2) is 0 Å². The van der Waals surface area contributed by atoms with Crippen molar-refractivity contribution >= 4 is 11.8 Å². The van der Waals surface area contributed by atoms with Gasteiger partial charge in [0.05, 0.1) is 19.2 Å². The van der Waals surface area contributed by atoms with Gasteiger partial charge in [0.1, 0.15) is 0 Å². The third-order valence-corrected chi connectivity index (χ3v) is 4.77. The largest absolute Gasteiger partial charge is 0.493 e. The van der Waals surface area contributed by atoms with Gasteiger partial charge in [0.2, 0.25) is 5.91 Å². The van der Waals surface area contributed by atoms with E-state index in [9.17, 15) is 18.4 Å². The van der Waals surface area contributed by atoms with E-state index in [0.717, 1.165) is 0 Å². The predicted molar refractivity (Wildman–Crippen MR) is 99.9 cm³/mol. The Labute approximate surface area is 163 Å². The number of halogens is 2. The standard InChI is InChI=1S/C19H27F2N3O4/c1-4-23(5-2)16(25)13-22-9-11-24(12-10-22)18(26)14-7-6-8-15(27-3)17(14)28-19(20)21/h6-8,19H,4-5,9-13H2,1-3H3. The van der Waals surface area contributed by atoms with Gasteiger partial charge in [-0.05, 0) is 26.0 Å². The third kappa shape index (κ3) is 5.31. The zero-order valence-corrected chi connectivity index (χ0v) is 16.5. The Kier molecular flexibility index (Phi) is 7.98. The van der Waals surface area contributed by atoms with Crippen molar-refractivity contribution < 1.29 is 27.8 Å². The van der Waals surface area contributed by atoms with Gasteiger partial charge >= 0.3 is 6.61 Å². The van der Waals surface area contributed by atoms with Crippen molar-refractivity contribution in [3.05, 3.63) is 23.8 Å². The Morgan fingerprint density at radius 2 is 1.79 bits per heavy atom. The number of rotatable bonds is 8. The molecule has 156 valence electrons. The number of hydrogen-bond donors (Lipinski definition) is 0. The second-order valence-electron chi connectivity index (χ2n) is 6.35. The van der Waals surface area contributed by atoms with Crippen LogP contribution in [0.1, 0.15) is 24.2 Å². The fraction of sp³-hybridized carbons (Fsp3) is 0.579. The third-order valence-electron chi connectivity index (χ3n) is 4.77. The summed E-state index contributed by atoms with van der Waals surface area (Å²) < 4.78 is 35.1. The normalized spacial score (nSPS) is 14.9. The van der Waals surface area contributed by atoms with Crippen molar-refractivity contribution in [1.29, 1.82) is 0 Å². The fourth-order valence-electron chi connectivity index (χ4n) is 3.20. The molecule has 0 atom stereocenters. The minimum Gasteiger partial charge on any atom is -0.493 e. The molecule has 1 aromatic carbocycles. The van der Waals surface area contributed by atoms with Crippen LogP contribution in [0, 0.1) is 0 Å². The number of likely N-dealkylation sites (N-methyl/N-ethyl adjacent to an activating group) is 1. The summed E-state index contributed by atoms with van der Waals surface area (Å²) in [6, 6.07) is 4.47. The maximum absolute atomic E-state index is 12.9. The summed E-state index contributed by atoms with van der Waals surface area (Å²) in [5.41, 5.74) is 0.0346. The Bertz CT molecular complexity index is 675. The van der Waals surface area contributed by atoms with Crippen molar-refractivity contribution in [2.45, 2.75) is 20.5 Å². The molecule has 0 aromatic heterocycles. The van der Waals surface area contributed by atoms with E-state index in [0.29, 0.717) is 45.8 Å². The molecular formula is C19H27F2N3O4. The van der Waals surface area contributed by atoms with Crippen LogP contribution in [0.3, 0.4) is 0 Å². The van der Waals surface area contributed by atoms with E-state index in [2.05, 4.69) is 4.74 Å². The molecule has 0 spiro atoms. The van der Waals surface area contributed by atoms with Crippen molar-refractivity contribution in [2.75, 3.05) is 52.9 Å². The number of piperazine rings is 1. The minimum absolute atomic E-state index is 0.0346. The van der Waals surface area contributed by atoms with E-state index in [1.54, 1.807) is 15.9 Å². The van der Waals surface area contributed by atoms with Gasteiger partial charge in [-0.1, -0.05) is 6.07 Å². The lowest BCUT2D eigenvalue weighted by Gasteiger charge is -2.35. The van der Waals surface area contributed by atoms with Gasteiger partial charge in [0.15, 0.2) is 11.5 Å². The van der Waals surface area contributed by atoms with E-state index < -0.39 is 12.5 Å². The number of para-hydroxylation sites is 1. The van der Waals surface area contributed by atoms with Gasteiger partial charge in [0, 0.05) is 39.3 Å². The molecule has 7 nitrogen and oxygen atoms in total. The average Bonchev–Trinajstić information content (AvgIpc) is 2.68. The van der Waals surface area contributed by atoms with Crippen LogP contribution in [0.15, 0.2) is 18.2 Å². The Hall–Kier alpha value is -2.42. The number of hydrogen-bond acceptors (Lipinski definition) is 5. The lowest BCUT2D eigenvalue weighted by Crippen LogP contribution is -2.51. The molecule has 0 aliphatic carbocycles. The second kappa shape index (κ2) is 10.2. The van der Waals surface area contributed by atoms with E-state index in [-0.39, 0.29) is 23.0 Å². The van der Waals surface area contributed by atoms with Gasteiger partial charge in [-0.3, -0.25) is 14.5 Å². The molecule has 28 heavy (non-hydrogen) atoms. The van der Waals surface area contributed by atoms with Crippen LogP contribution in [-0.4, -0.2) is 86.0 Å². The lowest BCUT2D eigenvalue weighted by atomic mass is 10.1. The molecule has 1 aliphatic rings. The van der Waals surface area contributed by atoms with Crippen molar-refractivity contribution in [1.82, 2.24) is 14.7 Å².